The molecule has 90 valence electrons. The quantitative estimate of drug-likeness (QED) is 0.780. The van der Waals surface area contributed by atoms with Gasteiger partial charge in [0.15, 0.2) is 5.78 Å². The van der Waals surface area contributed by atoms with E-state index < -0.39 is 0 Å². The average molecular weight is 232 g/mol. The molecule has 2 aliphatic rings. The molecule has 0 saturated carbocycles. The van der Waals surface area contributed by atoms with Crippen LogP contribution in [0.2, 0.25) is 0 Å². The lowest BCUT2D eigenvalue weighted by atomic mass is 9.75. The number of carbonyl (C=O) groups excluding carboxylic acids is 1. The SMILES string of the molecule is O=C1c2cccnc2CC12CCN(CO)CC2. The number of fused-ring (bicyclic) bond motifs is 1. The highest BCUT2D eigenvalue weighted by molar-refractivity contribution is 6.04. The molecule has 0 aromatic carbocycles. The number of rotatable bonds is 1. The van der Waals surface area contributed by atoms with Crippen LogP contribution in [-0.4, -0.2) is 40.6 Å². The third-order valence-corrected chi connectivity index (χ3v) is 4.14. The number of aliphatic hydroxyl groups is 1. The molecule has 1 aromatic heterocycles. The molecule has 0 atom stereocenters. The largest absolute Gasteiger partial charge is 0.381 e. The second-order valence-electron chi connectivity index (χ2n) is 5.04. The summed E-state index contributed by atoms with van der Waals surface area (Å²) in [6.07, 6.45) is 4.21. The molecule has 1 spiro atoms. The zero-order chi connectivity index (χ0) is 11.9. The summed E-state index contributed by atoms with van der Waals surface area (Å²) in [5.74, 6) is 0.262. The lowest BCUT2D eigenvalue weighted by Crippen LogP contribution is -2.43. The van der Waals surface area contributed by atoms with Crippen LogP contribution >= 0.6 is 0 Å². The Hall–Kier alpha value is -1.26. The lowest BCUT2D eigenvalue weighted by Gasteiger charge is -2.36. The minimum absolute atomic E-state index is 0.0927. The Bertz CT molecular complexity index is 450. The molecule has 0 bridgehead atoms. The van der Waals surface area contributed by atoms with Gasteiger partial charge in [0.05, 0.1) is 12.4 Å². The van der Waals surface area contributed by atoms with Gasteiger partial charge in [-0.25, -0.2) is 0 Å². The predicted octanol–water partition coefficient (Wildman–Crippen LogP) is 0.852. The minimum Gasteiger partial charge on any atom is -0.381 e. The fourth-order valence-corrected chi connectivity index (χ4v) is 3.00. The summed E-state index contributed by atoms with van der Waals surface area (Å²) in [4.78, 5) is 18.7. The Kier molecular flexibility index (Phi) is 2.49. The highest BCUT2D eigenvalue weighted by atomic mass is 16.3. The molecule has 1 saturated heterocycles. The van der Waals surface area contributed by atoms with Gasteiger partial charge in [0.2, 0.25) is 0 Å². The van der Waals surface area contributed by atoms with Gasteiger partial charge in [-0.1, -0.05) is 0 Å². The molecule has 3 rings (SSSR count). The number of ketones is 1. The Labute approximate surface area is 100 Å². The molecule has 1 N–H and O–H groups in total. The summed E-state index contributed by atoms with van der Waals surface area (Å²) in [5, 5.41) is 9.09. The third kappa shape index (κ3) is 1.59. The summed E-state index contributed by atoms with van der Waals surface area (Å²) in [6.45, 7) is 1.70. The number of nitrogens with zero attached hydrogens (tertiary/aromatic N) is 2. The molecule has 1 fully saturated rings. The number of pyridine rings is 1. The maximum absolute atomic E-state index is 12.4. The van der Waals surface area contributed by atoms with Crippen LogP contribution in [-0.2, 0) is 6.42 Å². The minimum atomic E-state index is -0.234. The van der Waals surface area contributed by atoms with Gasteiger partial charge in [-0.05, 0) is 25.0 Å². The van der Waals surface area contributed by atoms with Gasteiger partial charge in [0.25, 0.3) is 0 Å². The number of Topliss-reactive ketones (excluding diaryl/α,β-unsaturated/α-hetero) is 1. The molecule has 0 amide bonds. The van der Waals surface area contributed by atoms with Crippen LogP contribution in [0.15, 0.2) is 18.3 Å². The van der Waals surface area contributed by atoms with Crippen molar-refractivity contribution < 1.29 is 9.90 Å². The topological polar surface area (TPSA) is 53.4 Å². The van der Waals surface area contributed by atoms with Gasteiger partial charge in [0, 0.05) is 36.7 Å². The van der Waals surface area contributed by atoms with Gasteiger partial charge in [-0.15, -0.1) is 0 Å². The van der Waals surface area contributed by atoms with E-state index in [9.17, 15) is 4.79 Å². The van der Waals surface area contributed by atoms with Crippen molar-refractivity contribution in [3.05, 3.63) is 29.6 Å². The first kappa shape index (κ1) is 10.9. The number of aliphatic hydroxyl groups excluding tert-OH is 1. The van der Waals surface area contributed by atoms with Crippen LogP contribution in [0.4, 0.5) is 0 Å². The number of hydrogen-bond acceptors (Lipinski definition) is 4. The Morgan fingerprint density at radius 2 is 2.18 bits per heavy atom. The first-order valence-electron chi connectivity index (χ1n) is 6.07. The molecule has 2 heterocycles. The van der Waals surface area contributed by atoms with E-state index in [2.05, 4.69) is 4.98 Å². The molecule has 0 unspecified atom stereocenters. The average Bonchev–Trinajstić information content (AvgIpc) is 2.65. The first-order valence-corrected chi connectivity index (χ1v) is 6.07. The maximum Gasteiger partial charge on any atom is 0.171 e. The number of aromatic nitrogens is 1. The molecule has 17 heavy (non-hydrogen) atoms. The first-order chi connectivity index (χ1) is 8.25. The summed E-state index contributed by atoms with van der Waals surface area (Å²) in [7, 11) is 0. The third-order valence-electron chi connectivity index (χ3n) is 4.14. The molecule has 1 aromatic rings. The van der Waals surface area contributed by atoms with Crippen molar-refractivity contribution >= 4 is 5.78 Å². The summed E-state index contributed by atoms with van der Waals surface area (Å²) in [6, 6.07) is 3.72. The van der Waals surface area contributed by atoms with Gasteiger partial charge in [-0.2, -0.15) is 0 Å². The smallest absolute Gasteiger partial charge is 0.171 e. The van der Waals surface area contributed by atoms with E-state index in [-0.39, 0.29) is 17.9 Å². The lowest BCUT2D eigenvalue weighted by molar-refractivity contribution is 0.0365. The second kappa shape index (κ2) is 3.89. The molecule has 1 aliphatic heterocycles. The highest BCUT2D eigenvalue weighted by Crippen LogP contribution is 2.43. The fraction of sp³-hybridized carbons (Fsp3) is 0.538. The van der Waals surface area contributed by atoms with Crippen molar-refractivity contribution in [3.8, 4) is 0 Å². The molecular formula is C13H16N2O2. The number of piperidine rings is 1. The van der Waals surface area contributed by atoms with E-state index in [4.69, 9.17) is 5.11 Å². The standard InChI is InChI=1S/C13H16N2O2/c16-9-15-6-3-13(4-7-15)8-11-10(12(13)17)2-1-5-14-11/h1-2,5,16H,3-4,6-9H2. The van der Waals surface area contributed by atoms with Gasteiger partial charge >= 0.3 is 0 Å². The number of carbonyl (C=O) groups is 1. The maximum atomic E-state index is 12.4. The van der Waals surface area contributed by atoms with Gasteiger partial charge in [0.1, 0.15) is 0 Å². The van der Waals surface area contributed by atoms with E-state index >= 15 is 0 Å². The summed E-state index contributed by atoms with van der Waals surface area (Å²) in [5.41, 5.74) is 1.53. The van der Waals surface area contributed by atoms with Crippen molar-refractivity contribution in [3.63, 3.8) is 0 Å². The summed E-state index contributed by atoms with van der Waals surface area (Å²) < 4.78 is 0. The van der Waals surface area contributed by atoms with E-state index in [1.54, 1.807) is 6.20 Å². The number of likely N-dealkylation sites (tertiary alicyclic amines) is 1. The molecule has 4 heteroatoms. The van der Waals surface area contributed by atoms with Gasteiger partial charge < -0.3 is 5.11 Å². The monoisotopic (exact) mass is 232 g/mol. The van der Waals surface area contributed by atoms with Crippen molar-refractivity contribution in [1.29, 1.82) is 0 Å². The van der Waals surface area contributed by atoms with Crippen LogP contribution in [0.1, 0.15) is 28.9 Å². The number of hydrogen-bond donors (Lipinski definition) is 1. The van der Waals surface area contributed by atoms with Crippen LogP contribution in [0.25, 0.3) is 0 Å². The van der Waals surface area contributed by atoms with E-state index in [1.165, 1.54) is 0 Å². The van der Waals surface area contributed by atoms with Crippen molar-refractivity contribution in [2.24, 2.45) is 5.41 Å². The molecule has 0 radical (unpaired) electrons. The molecule has 1 aliphatic carbocycles. The van der Waals surface area contributed by atoms with Crippen molar-refractivity contribution in [1.82, 2.24) is 9.88 Å². The normalized spacial score (nSPS) is 23.0. The second-order valence-corrected chi connectivity index (χ2v) is 5.04. The van der Waals surface area contributed by atoms with Crippen LogP contribution < -0.4 is 0 Å². The van der Waals surface area contributed by atoms with E-state index in [0.717, 1.165) is 43.6 Å². The van der Waals surface area contributed by atoms with Crippen LogP contribution in [0.5, 0.6) is 0 Å². The Balaban J connectivity index is 1.86. The van der Waals surface area contributed by atoms with Crippen LogP contribution in [0.3, 0.4) is 0 Å². The van der Waals surface area contributed by atoms with Crippen molar-refractivity contribution in [2.45, 2.75) is 19.3 Å². The Morgan fingerprint density at radius 1 is 1.41 bits per heavy atom. The summed E-state index contributed by atoms with van der Waals surface area (Å²) >= 11 is 0. The zero-order valence-electron chi connectivity index (χ0n) is 9.72. The predicted molar refractivity (Wildman–Crippen MR) is 62.6 cm³/mol. The Morgan fingerprint density at radius 3 is 2.82 bits per heavy atom. The van der Waals surface area contributed by atoms with E-state index in [0.29, 0.717) is 0 Å². The van der Waals surface area contributed by atoms with E-state index in [1.807, 2.05) is 17.0 Å². The fourth-order valence-electron chi connectivity index (χ4n) is 3.00. The molecular weight excluding hydrogens is 216 g/mol. The van der Waals surface area contributed by atoms with Crippen LogP contribution in [0, 0.1) is 5.41 Å². The zero-order valence-corrected chi connectivity index (χ0v) is 9.72. The molecule has 4 nitrogen and oxygen atoms in total. The van der Waals surface area contributed by atoms with Gasteiger partial charge in [-0.3, -0.25) is 14.7 Å². The highest BCUT2D eigenvalue weighted by Gasteiger charge is 2.47. The van der Waals surface area contributed by atoms with Crippen molar-refractivity contribution in [2.75, 3.05) is 19.8 Å².